The van der Waals surface area contributed by atoms with Crippen molar-refractivity contribution in [2.45, 2.75) is 80.1 Å². The molecule has 0 amide bonds. The number of nitrogens with one attached hydrogen (secondary N) is 2. The van der Waals surface area contributed by atoms with Crippen molar-refractivity contribution >= 4 is 56.8 Å². The number of aryl methyl sites for hydroxylation is 2. The number of nitrogens with zero attached hydrogens (tertiary/aromatic N) is 2. The Labute approximate surface area is 283 Å². The van der Waals surface area contributed by atoms with Crippen LogP contribution in [0, 0.1) is 5.82 Å². The quantitative estimate of drug-likeness (QED) is 0.182. The number of rotatable bonds is 8. The van der Waals surface area contributed by atoms with Crippen LogP contribution in [0.3, 0.4) is 0 Å². The molecule has 0 bridgehead atoms. The number of allylic oxidation sites excluding steroid dienone is 8. The van der Waals surface area contributed by atoms with Crippen molar-refractivity contribution in [3.8, 4) is 0 Å². The minimum absolute atomic E-state index is 0.000915. The number of aromatic nitrogens is 4. The number of fused-ring (bicyclic) bond motifs is 2. The van der Waals surface area contributed by atoms with Crippen molar-refractivity contribution in [1.29, 1.82) is 0 Å². The first kappa shape index (κ1) is 34.6. The number of benzene rings is 2. The molecule has 0 atom stereocenters. The molecule has 2 N–H and O–H groups in total. The van der Waals surface area contributed by atoms with Crippen LogP contribution in [0.25, 0.3) is 22.1 Å². The highest BCUT2D eigenvalue weighted by Crippen LogP contribution is 2.29. The second kappa shape index (κ2) is 14.2. The van der Waals surface area contributed by atoms with Gasteiger partial charge in [0.2, 0.25) is 0 Å². The maximum atomic E-state index is 13.2. The third-order valence-electron chi connectivity index (χ3n) is 9.29. The molecule has 8 nitrogen and oxygen atoms in total. The maximum Gasteiger partial charge on any atom is 0.185 e. The third-order valence-corrected chi connectivity index (χ3v) is 9.52. The van der Waals surface area contributed by atoms with Crippen LogP contribution < -0.4 is 0 Å². The van der Waals surface area contributed by atoms with Gasteiger partial charge in [0, 0.05) is 62.4 Å². The summed E-state index contributed by atoms with van der Waals surface area (Å²) in [5.41, 5.74) is 7.77. The van der Waals surface area contributed by atoms with Crippen molar-refractivity contribution in [3.63, 3.8) is 0 Å². The molecule has 0 spiro atoms. The molecule has 0 radical (unpaired) electrons. The summed E-state index contributed by atoms with van der Waals surface area (Å²) in [5, 5.41) is 0.669. The monoisotopic (exact) mass is 668 g/mol. The Morgan fingerprint density at radius 2 is 0.979 bits per heavy atom. The van der Waals surface area contributed by atoms with Gasteiger partial charge in [-0.15, -0.1) is 0 Å². The molecule has 2 heterocycles. The molecule has 2 aliphatic carbocycles. The van der Waals surface area contributed by atoms with E-state index in [4.69, 9.17) is 11.6 Å². The van der Waals surface area contributed by atoms with Gasteiger partial charge in [-0.1, -0.05) is 11.6 Å². The van der Waals surface area contributed by atoms with E-state index in [0.29, 0.717) is 87.2 Å². The standard InChI is InChI=1S/C19H19ClN2O2.C19H19FN2O2/c2*1-10-11(2)19(24)14(12(3)18(10)23)5-4-6-17-21-15-8-7-13(20)9-16(15)22-17/h2*7-9H,4-6H2,1-3H3,(H,21,22). The first-order valence-corrected chi connectivity index (χ1v) is 16.4. The lowest BCUT2D eigenvalue weighted by Gasteiger charge is -2.18. The fourth-order valence-electron chi connectivity index (χ4n) is 6.08. The van der Waals surface area contributed by atoms with E-state index in [2.05, 4.69) is 19.9 Å². The lowest BCUT2D eigenvalue weighted by atomic mass is 9.84. The van der Waals surface area contributed by atoms with Gasteiger partial charge >= 0.3 is 0 Å². The summed E-state index contributed by atoms with van der Waals surface area (Å²) in [4.78, 5) is 64.4. The molecule has 10 heteroatoms. The second-order valence-corrected chi connectivity index (χ2v) is 12.9. The van der Waals surface area contributed by atoms with Crippen molar-refractivity contribution in [3.05, 3.63) is 103 Å². The second-order valence-electron chi connectivity index (χ2n) is 12.4. The number of aromatic amines is 2. The van der Waals surface area contributed by atoms with Crippen LogP contribution in [0.1, 0.15) is 78.9 Å². The van der Waals surface area contributed by atoms with Gasteiger partial charge in [-0.05, 0) is 104 Å². The van der Waals surface area contributed by atoms with Gasteiger partial charge in [0.15, 0.2) is 23.1 Å². The largest absolute Gasteiger partial charge is 0.342 e. The fraction of sp³-hybridized carbons (Fsp3) is 0.316. The Balaban J connectivity index is 0.000000188. The first-order chi connectivity index (χ1) is 22.8. The Kier molecular flexibility index (Phi) is 10.2. The van der Waals surface area contributed by atoms with E-state index in [-0.39, 0.29) is 29.0 Å². The van der Waals surface area contributed by atoms with E-state index in [1.165, 1.54) is 12.1 Å². The molecule has 0 fully saturated rings. The third kappa shape index (κ3) is 7.06. The fourth-order valence-corrected chi connectivity index (χ4v) is 6.26. The number of carbonyl (C=O) groups excluding carboxylic acids is 4. The van der Waals surface area contributed by atoms with Crippen LogP contribution in [0.5, 0.6) is 0 Å². The summed E-state index contributed by atoms with van der Waals surface area (Å²) in [5.74, 6) is 1.23. The van der Waals surface area contributed by atoms with Crippen molar-refractivity contribution in [2.75, 3.05) is 0 Å². The summed E-state index contributed by atoms with van der Waals surface area (Å²) in [6.45, 7) is 10.3. The van der Waals surface area contributed by atoms with E-state index in [0.717, 1.165) is 34.6 Å². The number of ketones is 4. The molecule has 2 aromatic carbocycles. The van der Waals surface area contributed by atoms with Crippen molar-refractivity contribution in [1.82, 2.24) is 19.9 Å². The molecule has 4 aromatic rings. The van der Waals surface area contributed by atoms with Gasteiger partial charge in [0.1, 0.15) is 17.5 Å². The predicted octanol–water partition coefficient (Wildman–Crippen LogP) is 8.17. The number of H-pyrrole nitrogens is 2. The van der Waals surface area contributed by atoms with Gasteiger partial charge in [0.05, 0.1) is 22.1 Å². The minimum Gasteiger partial charge on any atom is -0.342 e. The topological polar surface area (TPSA) is 126 Å². The van der Waals surface area contributed by atoms with Gasteiger partial charge in [-0.2, -0.15) is 0 Å². The molecular weight excluding hydrogens is 631 g/mol. The summed E-state index contributed by atoms with van der Waals surface area (Å²) in [7, 11) is 0. The van der Waals surface area contributed by atoms with Crippen LogP contribution in [0.2, 0.25) is 5.02 Å². The van der Waals surface area contributed by atoms with Crippen LogP contribution in [-0.4, -0.2) is 43.1 Å². The van der Waals surface area contributed by atoms with Crippen LogP contribution in [0.4, 0.5) is 4.39 Å². The molecule has 0 saturated carbocycles. The average molecular weight is 669 g/mol. The minimum atomic E-state index is -0.303. The maximum absolute atomic E-state index is 13.2. The van der Waals surface area contributed by atoms with Gasteiger partial charge < -0.3 is 9.97 Å². The zero-order valence-electron chi connectivity index (χ0n) is 28.0. The number of hydrogen-bond acceptors (Lipinski definition) is 6. The highest BCUT2D eigenvalue weighted by Gasteiger charge is 2.28. The van der Waals surface area contributed by atoms with Gasteiger partial charge in [-0.25, -0.2) is 14.4 Å². The zero-order valence-corrected chi connectivity index (χ0v) is 28.7. The molecular formula is C38H38ClFN4O4. The van der Waals surface area contributed by atoms with Gasteiger partial charge in [-0.3, -0.25) is 19.2 Å². The van der Waals surface area contributed by atoms with Crippen molar-refractivity contribution in [2.24, 2.45) is 0 Å². The van der Waals surface area contributed by atoms with E-state index in [9.17, 15) is 23.6 Å². The van der Waals surface area contributed by atoms with Crippen molar-refractivity contribution < 1.29 is 23.6 Å². The highest BCUT2D eigenvalue weighted by molar-refractivity contribution is 6.31. The molecule has 6 rings (SSSR count). The SMILES string of the molecule is CC1=C(C)C(=O)C(CCCc2nc3ccc(Cl)cc3[nH]2)=C(C)C1=O.CC1=C(C)C(=O)C(CCCc2nc3ccc(F)cc3[nH]2)=C(C)C1=O. The zero-order chi connectivity index (χ0) is 34.9. The van der Waals surface area contributed by atoms with Crippen LogP contribution >= 0.6 is 11.6 Å². The molecule has 48 heavy (non-hydrogen) atoms. The van der Waals surface area contributed by atoms with Crippen LogP contribution in [-0.2, 0) is 32.0 Å². The molecule has 2 aliphatic rings. The normalized spacial score (nSPS) is 15.8. The van der Waals surface area contributed by atoms with Gasteiger partial charge in [0.25, 0.3) is 0 Å². The summed E-state index contributed by atoms with van der Waals surface area (Å²) >= 11 is 5.98. The Morgan fingerprint density at radius 3 is 1.46 bits per heavy atom. The molecule has 0 unspecified atom stereocenters. The number of halogens is 2. The number of carbonyl (C=O) groups is 4. The average Bonchev–Trinajstić information content (AvgIpc) is 3.67. The van der Waals surface area contributed by atoms with E-state index in [1.807, 2.05) is 18.2 Å². The molecule has 2 aromatic heterocycles. The van der Waals surface area contributed by atoms with E-state index >= 15 is 0 Å². The van der Waals surface area contributed by atoms with Crippen LogP contribution in [0.15, 0.2) is 81.0 Å². The summed E-state index contributed by atoms with van der Waals surface area (Å²) in [6.07, 6.45) is 3.92. The Bertz CT molecular complexity index is 1990. The highest BCUT2D eigenvalue weighted by atomic mass is 35.5. The molecule has 0 aliphatic heterocycles. The lowest BCUT2D eigenvalue weighted by molar-refractivity contribution is -0.116. The first-order valence-electron chi connectivity index (χ1n) is 16.0. The number of imidazole rings is 2. The lowest BCUT2D eigenvalue weighted by Crippen LogP contribution is -2.20. The van der Waals surface area contributed by atoms with E-state index < -0.39 is 0 Å². The Morgan fingerprint density at radius 1 is 0.562 bits per heavy atom. The molecule has 248 valence electrons. The summed E-state index contributed by atoms with van der Waals surface area (Å²) in [6, 6.07) is 9.97. The predicted molar refractivity (Wildman–Crippen MR) is 185 cm³/mol. The van der Waals surface area contributed by atoms with E-state index in [1.54, 1.807) is 47.6 Å². The number of hydrogen-bond donors (Lipinski definition) is 2. The number of Topliss-reactive ketones (excluding diaryl/α,β-unsaturated/α-hetero) is 4. The molecule has 0 saturated heterocycles. The Hall–Kier alpha value is -4.76. The smallest absolute Gasteiger partial charge is 0.185 e. The summed E-state index contributed by atoms with van der Waals surface area (Å²) < 4.78 is 13.2.